The van der Waals surface area contributed by atoms with E-state index in [9.17, 15) is 23.6 Å². The van der Waals surface area contributed by atoms with Crippen molar-refractivity contribution in [3.63, 3.8) is 0 Å². The molecule has 2 fully saturated rings. The molecule has 37 heavy (non-hydrogen) atoms. The molecule has 2 aliphatic heterocycles. The smallest absolute Gasteiger partial charge is 0.254 e. The van der Waals surface area contributed by atoms with E-state index in [4.69, 9.17) is 9.47 Å². The molecule has 0 aromatic heterocycles. The summed E-state index contributed by atoms with van der Waals surface area (Å²) >= 11 is 0. The first-order valence-electron chi connectivity index (χ1n) is 12.5. The zero-order valence-corrected chi connectivity index (χ0v) is 21.3. The van der Waals surface area contributed by atoms with E-state index in [1.807, 2.05) is 19.0 Å². The molecule has 0 radical (unpaired) electrons. The van der Waals surface area contributed by atoms with Gasteiger partial charge in [0, 0.05) is 31.2 Å². The molecule has 4 amide bonds. The molecule has 11 nitrogen and oxygen atoms in total. The standard InChI is InChI=1S/C25H36FN5O6/c1-30(2)20-4-3-9-27-24(34)21-14-19(15-31(21)25(35)17-5-7-18(26)8-6-17)29-22(32)16-37-13-12-36-11-10-28-23(20)33/h5-8,19-21H,3-4,9-16H2,1-2H3,(H,27,34)(H,28,33)(H,29,32)/t19-,20?,21-/m0/s1. The van der Waals surface area contributed by atoms with Crippen molar-refractivity contribution in [3.05, 3.63) is 35.6 Å². The van der Waals surface area contributed by atoms with E-state index in [-0.39, 0.29) is 62.1 Å². The van der Waals surface area contributed by atoms with Crippen LogP contribution in [-0.4, -0.2) is 112 Å². The maximum Gasteiger partial charge on any atom is 0.254 e. The lowest BCUT2D eigenvalue weighted by molar-refractivity contribution is -0.128. The third-order valence-electron chi connectivity index (χ3n) is 6.35. The summed E-state index contributed by atoms with van der Waals surface area (Å²) in [5.74, 6) is -1.73. The van der Waals surface area contributed by atoms with Crippen LogP contribution in [0.4, 0.5) is 4.39 Å². The molecular weight excluding hydrogens is 485 g/mol. The second kappa shape index (κ2) is 14.0. The minimum absolute atomic E-state index is 0.128. The van der Waals surface area contributed by atoms with Gasteiger partial charge in [-0.2, -0.15) is 0 Å². The van der Waals surface area contributed by atoms with Crippen LogP contribution in [0.25, 0.3) is 0 Å². The maximum absolute atomic E-state index is 13.4. The summed E-state index contributed by atoms with van der Waals surface area (Å²) in [5.41, 5.74) is 0.250. The van der Waals surface area contributed by atoms with Crippen molar-refractivity contribution in [2.75, 3.05) is 60.2 Å². The number of hydrogen-bond donors (Lipinski definition) is 3. The molecule has 0 spiro atoms. The van der Waals surface area contributed by atoms with E-state index in [2.05, 4.69) is 16.0 Å². The Labute approximate surface area is 216 Å². The number of likely N-dealkylation sites (N-methyl/N-ethyl adjacent to an activating group) is 1. The number of ether oxygens (including phenoxy) is 2. The maximum atomic E-state index is 13.4. The highest BCUT2D eigenvalue weighted by Gasteiger charge is 2.40. The second-order valence-corrected chi connectivity index (χ2v) is 9.35. The molecule has 2 aliphatic rings. The largest absolute Gasteiger partial charge is 0.377 e. The SMILES string of the molecule is CN(C)C1CCCNC(=O)[C@@H]2C[C@@H](CN2C(=O)c2ccc(F)cc2)NC(=O)COCCOCCNC1=O. The molecule has 12 heteroatoms. The van der Waals surface area contributed by atoms with Crippen LogP contribution in [0.3, 0.4) is 0 Å². The zero-order chi connectivity index (χ0) is 26.8. The van der Waals surface area contributed by atoms with Gasteiger partial charge < -0.3 is 30.3 Å². The van der Waals surface area contributed by atoms with Crippen LogP contribution in [0, 0.1) is 5.82 Å². The number of nitrogens with zero attached hydrogens (tertiary/aromatic N) is 2. The van der Waals surface area contributed by atoms with Crippen LogP contribution in [-0.2, 0) is 23.9 Å². The number of nitrogens with one attached hydrogen (secondary N) is 3. The van der Waals surface area contributed by atoms with Gasteiger partial charge in [-0.15, -0.1) is 0 Å². The summed E-state index contributed by atoms with van der Waals surface area (Å²) in [7, 11) is 3.64. The predicted octanol–water partition coefficient (Wildman–Crippen LogP) is -0.485. The molecule has 2 saturated heterocycles. The van der Waals surface area contributed by atoms with Crippen LogP contribution in [0.5, 0.6) is 0 Å². The number of likely N-dealkylation sites (tertiary alicyclic amines) is 1. The first-order chi connectivity index (χ1) is 17.8. The molecule has 204 valence electrons. The molecule has 1 aromatic carbocycles. The molecule has 3 rings (SSSR count). The second-order valence-electron chi connectivity index (χ2n) is 9.35. The highest BCUT2D eigenvalue weighted by atomic mass is 19.1. The Hall–Kier alpha value is -3.09. The number of fused-ring (bicyclic) bond motifs is 2. The Bertz CT molecular complexity index is 944. The molecule has 0 saturated carbocycles. The van der Waals surface area contributed by atoms with Crippen molar-refractivity contribution >= 4 is 23.6 Å². The molecular formula is C25H36FN5O6. The molecule has 2 heterocycles. The third kappa shape index (κ3) is 8.48. The number of carbonyl (C=O) groups is 4. The number of rotatable bonds is 2. The van der Waals surface area contributed by atoms with E-state index in [0.29, 0.717) is 32.5 Å². The van der Waals surface area contributed by atoms with Gasteiger partial charge in [0.2, 0.25) is 17.7 Å². The first-order valence-corrected chi connectivity index (χ1v) is 12.5. The Balaban J connectivity index is 1.71. The zero-order valence-electron chi connectivity index (χ0n) is 21.3. The number of benzene rings is 1. The van der Waals surface area contributed by atoms with Gasteiger partial charge in [0.05, 0.1) is 25.9 Å². The van der Waals surface area contributed by atoms with E-state index in [1.54, 1.807) is 0 Å². The van der Waals surface area contributed by atoms with Crippen LogP contribution in [0.2, 0.25) is 0 Å². The van der Waals surface area contributed by atoms with Crippen molar-refractivity contribution in [2.45, 2.75) is 37.4 Å². The van der Waals surface area contributed by atoms with Gasteiger partial charge in [-0.1, -0.05) is 0 Å². The average Bonchev–Trinajstić information content (AvgIpc) is 3.28. The number of hydrogen-bond acceptors (Lipinski definition) is 7. The van der Waals surface area contributed by atoms with Gasteiger partial charge in [-0.3, -0.25) is 24.1 Å². The summed E-state index contributed by atoms with van der Waals surface area (Å²) in [6.07, 6.45) is 1.31. The van der Waals surface area contributed by atoms with Crippen LogP contribution in [0.1, 0.15) is 29.6 Å². The first kappa shape index (κ1) is 28.5. The molecule has 1 aromatic rings. The summed E-state index contributed by atoms with van der Waals surface area (Å²) in [6, 6.07) is 3.49. The predicted molar refractivity (Wildman–Crippen MR) is 132 cm³/mol. The summed E-state index contributed by atoms with van der Waals surface area (Å²) in [5, 5.41) is 8.54. The minimum Gasteiger partial charge on any atom is -0.377 e. The Morgan fingerprint density at radius 1 is 1.00 bits per heavy atom. The summed E-state index contributed by atoms with van der Waals surface area (Å²) in [4.78, 5) is 54.5. The molecule has 0 aliphatic carbocycles. The quantitative estimate of drug-likeness (QED) is 0.479. The van der Waals surface area contributed by atoms with Gasteiger partial charge in [0.15, 0.2) is 0 Å². The fourth-order valence-electron chi connectivity index (χ4n) is 4.44. The lowest BCUT2D eigenvalue weighted by Gasteiger charge is -2.25. The van der Waals surface area contributed by atoms with Gasteiger partial charge in [0.1, 0.15) is 18.5 Å². The summed E-state index contributed by atoms with van der Waals surface area (Å²) in [6.45, 7) is 1.40. The lowest BCUT2D eigenvalue weighted by atomic mass is 10.1. The van der Waals surface area contributed by atoms with Crippen molar-refractivity contribution in [1.82, 2.24) is 25.8 Å². The Morgan fingerprint density at radius 3 is 2.43 bits per heavy atom. The number of amides is 4. The van der Waals surface area contributed by atoms with E-state index < -0.39 is 23.8 Å². The molecule has 3 atom stereocenters. The molecule has 2 bridgehead atoms. The highest BCUT2D eigenvalue weighted by molar-refractivity contribution is 5.98. The molecule has 1 unspecified atom stereocenters. The van der Waals surface area contributed by atoms with Crippen LogP contribution >= 0.6 is 0 Å². The number of carbonyl (C=O) groups excluding carboxylic acids is 4. The van der Waals surface area contributed by atoms with Gasteiger partial charge in [-0.25, -0.2) is 4.39 Å². The van der Waals surface area contributed by atoms with E-state index in [1.165, 1.54) is 29.2 Å². The summed E-state index contributed by atoms with van der Waals surface area (Å²) < 4.78 is 24.2. The Morgan fingerprint density at radius 2 is 1.70 bits per heavy atom. The third-order valence-corrected chi connectivity index (χ3v) is 6.35. The average molecular weight is 522 g/mol. The Kier molecular flexibility index (Phi) is 10.8. The number of halogens is 1. The van der Waals surface area contributed by atoms with Crippen molar-refractivity contribution in [3.8, 4) is 0 Å². The van der Waals surface area contributed by atoms with Crippen molar-refractivity contribution < 1.29 is 33.0 Å². The minimum atomic E-state index is -0.810. The van der Waals surface area contributed by atoms with Crippen molar-refractivity contribution in [2.24, 2.45) is 0 Å². The normalized spacial score (nSPS) is 25.2. The van der Waals surface area contributed by atoms with Crippen LogP contribution in [0.15, 0.2) is 24.3 Å². The van der Waals surface area contributed by atoms with E-state index in [0.717, 1.165) is 0 Å². The lowest BCUT2D eigenvalue weighted by Crippen LogP contribution is -2.47. The highest BCUT2D eigenvalue weighted by Crippen LogP contribution is 2.22. The van der Waals surface area contributed by atoms with Crippen LogP contribution < -0.4 is 16.0 Å². The fraction of sp³-hybridized carbons (Fsp3) is 0.600. The van der Waals surface area contributed by atoms with Gasteiger partial charge in [-0.05, 0) is 57.6 Å². The van der Waals surface area contributed by atoms with E-state index >= 15 is 0 Å². The van der Waals surface area contributed by atoms with Gasteiger partial charge in [0.25, 0.3) is 5.91 Å². The van der Waals surface area contributed by atoms with Gasteiger partial charge >= 0.3 is 0 Å². The monoisotopic (exact) mass is 521 g/mol. The molecule has 3 N–H and O–H groups in total. The van der Waals surface area contributed by atoms with Crippen molar-refractivity contribution in [1.29, 1.82) is 0 Å². The topological polar surface area (TPSA) is 129 Å². The fourth-order valence-corrected chi connectivity index (χ4v) is 4.44.